The SMILES string of the molecule is C[C@]12CCc3nc(NCc4ccccc4)sc3C1=CC[C@@H]1[C@@H]2CC[C@]2(C)/C(=N/N)CC[C@@H]12. The van der Waals surface area contributed by atoms with Gasteiger partial charge in [0.15, 0.2) is 5.13 Å². The molecule has 32 heavy (non-hydrogen) atoms. The minimum absolute atomic E-state index is 0.233. The topological polar surface area (TPSA) is 63.3 Å². The molecule has 168 valence electrons. The minimum atomic E-state index is 0.233. The Labute approximate surface area is 195 Å². The number of anilines is 1. The van der Waals surface area contributed by atoms with Crippen molar-refractivity contribution in [2.75, 3.05) is 5.32 Å². The molecule has 5 atom stereocenters. The van der Waals surface area contributed by atoms with Gasteiger partial charge in [-0.3, -0.25) is 0 Å². The predicted molar refractivity (Wildman–Crippen MR) is 134 cm³/mol. The van der Waals surface area contributed by atoms with Gasteiger partial charge in [0.25, 0.3) is 0 Å². The molecule has 0 radical (unpaired) electrons. The second-order valence-corrected chi connectivity index (χ2v) is 11.9. The number of thiazole rings is 1. The first kappa shape index (κ1) is 20.5. The zero-order valence-corrected chi connectivity index (χ0v) is 20.0. The number of aryl methyl sites for hydroxylation is 1. The van der Waals surface area contributed by atoms with Crippen LogP contribution in [-0.4, -0.2) is 10.7 Å². The quantitative estimate of drug-likeness (QED) is 0.432. The molecule has 0 bridgehead atoms. The number of hydrogen-bond donors (Lipinski definition) is 2. The summed E-state index contributed by atoms with van der Waals surface area (Å²) in [6, 6.07) is 10.6. The van der Waals surface area contributed by atoms with Gasteiger partial charge in [0, 0.05) is 17.7 Å². The smallest absolute Gasteiger partial charge is 0.183 e. The van der Waals surface area contributed by atoms with E-state index in [4.69, 9.17) is 10.8 Å². The fourth-order valence-electron chi connectivity index (χ4n) is 7.73. The van der Waals surface area contributed by atoms with Crippen LogP contribution in [0.1, 0.15) is 68.5 Å². The lowest BCUT2D eigenvalue weighted by atomic mass is 9.48. The van der Waals surface area contributed by atoms with Crippen LogP contribution >= 0.6 is 11.3 Å². The third-order valence-corrected chi connectivity index (χ3v) is 10.6. The van der Waals surface area contributed by atoms with E-state index in [0.29, 0.717) is 0 Å². The summed E-state index contributed by atoms with van der Waals surface area (Å²) in [4.78, 5) is 6.47. The number of allylic oxidation sites excluding steroid dienone is 2. The van der Waals surface area contributed by atoms with Gasteiger partial charge >= 0.3 is 0 Å². The molecule has 2 aromatic rings. The normalized spacial score (nSPS) is 36.6. The van der Waals surface area contributed by atoms with Gasteiger partial charge in [-0.2, -0.15) is 5.10 Å². The van der Waals surface area contributed by atoms with E-state index in [2.05, 4.69) is 60.7 Å². The van der Waals surface area contributed by atoms with E-state index in [1.807, 2.05) is 11.3 Å². The number of nitrogens with zero attached hydrogens (tertiary/aromatic N) is 2. The Hall–Kier alpha value is -2.14. The van der Waals surface area contributed by atoms with Crippen LogP contribution in [-0.2, 0) is 13.0 Å². The van der Waals surface area contributed by atoms with E-state index in [9.17, 15) is 0 Å². The zero-order valence-electron chi connectivity index (χ0n) is 19.2. The van der Waals surface area contributed by atoms with Gasteiger partial charge in [0.1, 0.15) is 0 Å². The number of aromatic nitrogens is 1. The molecule has 2 fully saturated rings. The molecule has 1 aromatic carbocycles. The fraction of sp³-hybridized carbons (Fsp3) is 0.556. The summed E-state index contributed by atoms with van der Waals surface area (Å²) in [6.07, 6.45) is 11.1. The molecule has 0 unspecified atom stereocenters. The summed E-state index contributed by atoms with van der Waals surface area (Å²) in [7, 11) is 0. The van der Waals surface area contributed by atoms with Crippen molar-refractivity contribution in [3.05, 3.63) is 52.5 Å². The molecule has 0 saturated heterocycles. The molecule has 3 N–H and O–H groups in total. The van der Waals surface area contributed by atoms with Crippen molar-refractivity contribution in [3.8, 4) is 0 Å². The summed E-state index contributed by atoms with van der Waals surface area (Å²) in [5.74, 6) is 8.09. The third-order valence-electron chi connectivity index (χ3n) is 9.47. The van der Waals surface area contributed by atoms with Gasteiger partial charge in [0.2, 0.25) is 0 Å². The molecule has 0 spiro atoms. The average Bonchev–Trinajstić information content (AvgIpc) is 3.38. The highest BCUT2D eigenvalue weighted by molar-refractivity contribution is 7.16. The average molecular weight is 447 g/mol. The molecule has 4 aliphatic rings. The first-order chi connectivity index (χ1) is 15.5. The van der Waals surface area contributed by atoms with Gasteiger partial charge < -0.3 is 11.2 Å². The molecule has 1 heterocycles. The Balaban J connectivity index is 1.28. The summed E-state index contributed by atoms with van der Waals surface area (Å²) >= 11 is 1.87. The number of nitrogens with two attached hydrogens (primary N) is 1. The second-order valence-electron chi connectivity index (χ2n) is 10.9. The van der Waals surface area contributed by atoms with Crippen LogP contribution in [0.4, 0.5) is 5.13 Å². The third kappa shape index (κ3) is 2.93. The van der Waals surface area contributed by atoms with Crippen LogP contribution in [0.3, 0.4) is 0 Å². The van der Waals surface area contributed by atoms with Gasteiger partial charge in [-0.15, -0.1) is 0 Å². The summed E-state index contributed by atoms with van der Waals surface area (Å²) < 4.78 is 0. The summed E-state index contributed by atoms with van der Waals surface area (Å²) in [5.41, 5.74) is 6.00. The lowest BCUT2D eigenvalue weighted by Crippen LogP contribution is -2.49. The van der Waals surface area contributed by atoms with Crippen LogP contribution in [0.5, 0.6) is 0 Å². The van der Waals surface area contributed by atoms with E-state index in [1.165, 1.54) is 54.0 Å². The van der Waals surface area contributed by atoms with Crippen molar-refractivity contribution in [1.29, 1.82) is 0 Å². The van der Waals surface area contributed by atoms with Gasteiger partial charge in [-0.25, -0.2) is 4.98 Å². The first-order valence-electron chi connectivity index (χ1n) is 12.3. The van der Waals surface area contributed by atoms with Crippen LogP contribution in [0.2, 0.25) is 0 Å². The van der Waals surface area contributed by atoms with Crippen molar-refractivity contribution < 1.29 is 0 Å². The predicted octanol–water partition coefficient (Wildman–Crippen LogP) is 6.25. The fourth-order valence-corrected chi connectivity index (χ4v) is 8.91. The lowest BCUT2D eigenvalue weighted by Gasteiger charge is -2.56. The maximum absolute atomic E-state index is 5.81. The van der Waals surface area contributed by atoms with Crippen LogP contribution in [0.15, 0.2) is 41.5 Å². The van der Waals surface area contributed by atoms with E-state index < -0.39 is 0 Å². The number of nitrogens with one attached hydrogen (secondary N) is 1. The molecule has 5 heteroatoms. The van der Waals surface area contributed by atoms with Gasteiger partial charge in [-0.1, -0.05) is 61.6 Å². The molecular formula is C27H34N4S. The van der Waals surface area contributed by atoms with Crippen molar-refractivity contribution in [1.82, 2.24) is 4.98 Å². The molecule has 1 aromatic heterocycles. The number of fused-ring (bicyclic) bond motifs is 7. The van der Waals surface area contributed by atoms with Crippen LogP contribution < -0.4 is 11.2 Å². The largest absolute Gasteiger partial charge is 0.357 e. The van der Waals surface area contributed by atoms with Crippen LogP contribution in [0.25, 0.3) is 5.57 Å². The number of rotatable bonds is 3. The highest BCUT2D eigenvalue weighted by Crippen LogP contribution is 2.65. The van der Waals surface area contributed by atoms with E-state index in [1.54, 1.807) is 5.57 Å². The second kappa shape index (κ2) is 7.44. The van der Waals surface area contributed by atoms with Crippen molar-refractivity contribution in [3.63, 3.8) is 0 Å². The Morgan fingerprint density at radius 3 is 2.72 bits per heavy atom. The monoisotopic (exact) mass is 446 g/mol. The lowest BCUT2D eigenvalue weighted by molar-refractivity contribution is 0.0117. The van der Waals surface area contributed by atoms with E-state index >= 15 is 0 Å². The molecule has 0 aliphatic heterocycles. The highest BCUT2D eigenvalue weighted by Gasteiger charge is 2.58. The minimum Gasteiger partial charge on any atom is -0.357 e. The van der Waals surface area contributed by atoms with Gasteiger partial charge in [-0.05, 0) is 79.3 Å². The molecule has 2 saturated carbocycles. The van der Waals surface area contributed by atoms with Crippen molar-refractivity contribution in [2.24, 2.45) is 39.5 Å². The van der Waals surface area contributed by atoms with Crippen LogP contribution in [0, 0.1) is 28.6 Å². The Morgan fingerprint density at radius 2 is 1.91 bits per heavy atom. The molecule has 4 nitrogen and oxygen atoms in total. The number of hydrogen-bond acceptors (Lipinski definition) is 5. The maximum atomic E-state index is 5.81. The molecule has 0 amide bonds. The number of benzene rings is 1. The highest BCUT2D eigenvalue weighted by atomic mass is 32.1. The molecule has 4 aliphatic carbocycles. The maximum Gasteiger partial charge on any atom is 0.183 e. The summed E-state index contributed by atoms with van der Waals surface area (Å²) in [6.45, 7) is 5.84. The summed E-state index contributed by atoms with van der Waals surface area (Å²) in [5, 5.41) is 8.89. The van der Waals surface area contributed by atoms with E-state index in [0.717, 1.165) is 42.3 Å². The first-order valence-corrected chi connectivity index (χ1v) is 13.1. The Kier molecular flexibility index (Phi) is 4.76. The Morgan fingerprint density at radius 1 is 1.09 bits per heavy atom. The van der Waals surface area contributed by atoms with E-state index in [-0.39, 0.29) is 10.8 Å². The molecule has 6 rings (SSSR count). The number of hydrazone groups is 1. The standard InChI is InChI=1S/C27H34N4S/c1-26-15-13-22-24(32-25(30-22)29-16-17-6-4-3-5-7-17)21(26)9-8-18-19-10-11-23(31-28)27(19,2)14-12-20(18)26/h3-7,9,18-20H,8,10-16,28H2,1-2H3,(H,29,30)/b31-23+/t18-,19-,20-,26+,27-/m0/s1. The Bertz CT molecular complexity index is 1090. The van der Waals surface area contributed by atoms with Crippen molar-refractivity contribution >= 4 is 27.8 Å². The zero-order chi connectivity index (χ0) is 21.9. The van der Waals surface area contributed by atoms with Crippen molar-refractivity contribution in [2.45, 2.75) is 65.3 Å². The molecular weight excluding hydrogens is 412 g/mol. The van der Waals surface area contributed by atoms with Gasteiger partial charge in [0.05, 0.1) is 10.6 Å².